The summed E-state index contributed by atoms with van der Waals surface area (Å²) in [5.74, 6) is 1.44. The van der Waals surface area contributed by atoms with Gasteiger partial charge >= 0.3 is 0 Å². The smallest absolute Gasteiger partial charge is 0.252 e. The molecule has 0 aliphatic rings. The van der Waals surface area contributed by atoms with Crippen LogP contribution in [-0.4, -0.2) is 55.5 Å². The molecule has 0 aliphatic heterocycles. The number of pyridine rings is 1. The Labute approximate surface area is 191 Å². The van der Waals surface area contributed by atoms with Crippen LogP contribution in [0.15, 0.2) is 47.3 Å². The van der Waals surface area contributed by atoms with Crippen LogP contribution in [-0.2, 0) is 19.6 Å². The fourth-order valence-corrected chi connectivity index (χ4v) is 3.99. The quantitative estimate of drug-likeness (QED) is 0.404. The van der Waals surface area contributed by atoms with Gasteiger partial charge in [-0.05, 0) is 65.2 Å². The SMILES string of the molecule is COc1ccc(Cn2nnnc2CN(CCO)Cc2cc3c(C)cc(C)cc3[nH]c2=O)cc1. The molecule has 4 rings (SSSR count). The molecule has 4 aromatic rings. The first kappa shape index (κ1) is 22.6. The third-order valence-corrected chi connectivity index (χ3v) is 5.66. The van der Waals surface area contributed by atoms with Gasteiger partial charge in [0.2, 0.25) is 0 Å². The number of hydrogen-bond donors (Lipinski definition) is 2. The van der Waals surface area contributed by atoms with Crippen LogP contribution in [0.3, 0.4) is 0 Å². The van der Waals surface area contributed by atoms with E-state index in [2.05, 4.69) is 26.6 Å². The van der Waals surface area contributed by atoms with Gasteiger partial charge in [0.05, 0.1) is 26.8 Å². The Bertz CT molecular complexity index is 1300. The fourth-order valence-electron chi connectivity index (χ4n) is 3.99. The van der Waals surface area contributed by atoms with E-state index in [0.717, 1.165) is 33.3 Å². The molecule has 2 aromatic carbocycles. The first-order valence-corrected chi connectivity index (χ1v) is 10.8. The zero-order valence-corrected chi connectivity index (χ0v) is 19.1. The molecule has 0 bridgehead atoms. The third kappa shape index (κ3) is 5.27. The maximum atomic E-state index is 12.8. The first-order chi connectivity index (χ1) is 16.0. The topological polar surface area (TPSA) is 109 Å². The predicted molar refractivity (Wildman–Crippen MR) is 125 cm³/mol. The maximum Gasteiger partial charge on any atom is 0.252 e. The minimum absolute atomic E-state index is 0.0379. The second-order valence-corrected chi connectivity index (χ2v) is 8.20. The van der Waals surface area contributed by atoms with Gasteiger partial charge in [0.15, 0.2) is 5.82 Å². The number of aromatic amines is 1. The molecule has 0 aliphatic carbocycles. The number of aliphatic hydroxyl groups is 1. The van der Waals surface area contributed by atoms with Crippen molar-refractivity contribution >= 4 is 10.9 Å². The van der Waals surface area contributed by atoms with Gasteiger partial charge in [0.25, 0.3) is 5.56 Å². The van der Waals surface area contributed by atoms with Crippen molar-refractivity contribution in [3.8, 4) is 5.75 Å². The summed E-state index contributed by atoms with van der Waals surface area (Å²) in [4.78, 5) is 17.7. The van der Waals surface area contributed by atoms with E-state index in [4.69, 9.17) is 4.74 Å². The minimum atomic E-state index is -0.131. The van der Waals surface area contributed by atoms with Gasteiger partial charge in [-0.2, -0.15) is 0 Å². The van der Waals surface area contributed by atoms with E-state index in [1.165, 1.54) is 0 Å². The number of H-pyrrole nitrogens is 1. The van der Waals surface area contributed by atoms with Crippen molar-refractivity contribution in [3.05, 3.63) is 80.9 Å². The first-order valence-electron chi connectivity index (χ1n) is 10.8. The van der Waals surface area contributed by atoms with Crippen molar-refractivity contribution in [2.24, 2.45) is 0 Å². The highest BCUT2D eigenvalue weighted by Crippen LogP contribution is 2.19. The number of fused-ring (bicyclic) bond motifs is 1. The Hall–Kier alpha value is -3.56. The third-order valence-electron chi connectivity index (χ3n) is 5.66. The second kappa shape index (κ2) is 9.93. The van der Waals surface area contributed by atoms with Crippen LogP contribution < -0.4 is 10.3 Å². The number of tetrazole rings is 1. The van der Waals surface area contributed by atoms with Crippen LogP contribution in [0.2, 0.25) is 0 Å². The number of aromatic nitrogens is 5. The molecular formula is C24H28N6O3. The number of benzene rings is 2. The van der Waals surface area contributed by atoms with E-state index in [1.807, 2.05) is 55.1 Å². The van der Waals surface area contributed by atoms with Crippen LogP contribution in [0.1, 0.15) is 28.1 Å². The summed E-state index contributed by atoms with van der Waals surface area (Å²) < 4.78 is 6.93. The molecule has 172 valence electrons. The Balaban J connectivity index is 1.55. The summed E-state index contributed by atoms with van der Waals surface area (Å²) in [5, 5.41) is 22.8. The molecule has 0 unspecified atom stereocenters. The summed E-state index contributed by atoms with van der Waals surface area (Å²) in [6.45, 7) is 5.68. The number of nitrogens with one attached hydrogen (secondary N) is 1. The van der Waals surface area contributed by atoms with Crippen molar-refractivity contribution in [1.82, 2.24) is 30.1 Å². The number of ether oxygens (including phenoxy) is 1. The van der Waals surface area contributed by atoms with Crippen molar-refractivity contribution in [2.75, 3.05) is 20.3 Å². The Morgan fingerprint density at radius 2 is 1.91 bits per heavy atom. The molecule has 0 atom stereocenters. The van der Waals surface area contributed by atoms with E-state index in [-0.39, 0.29) is 12.2 Å². The molecule has 9 nitrogen and oxygen atoms in total. The van der Waals surface area contributed by atoms with Crippen LogP contribution in [0, 0.1) is 13.8 Å². The largest absolute Gasteiger partial charge is 0.497 e. The zero-order valence-electron chi connectivity index (χ0n) is 19.1. The average Bonchev–Trinajstić information content (AvgIpc) is 3.21. The molecular weight excluding hydrogens is 420 g/mol. The van der Waals surface area contributed by atoms with Crippen LogP contribution in [0.4, 0.5) is 0 Å². The van der Waals surface area contributed by atoms with Crippen molar-refractivity contribution in [2.45, 2.75) is 33.5 Å². The number of rotatable bonds is 9. The Morgan fingerprint density at radius 1 is 1.12 bits per heavy atom. The second-order valence-electron chi connectivity index (χ2n) is 8.20. The van der Waals surface area contributed by atoms with Gasteiger partial charge in [-0.25, -0.2) is 4.68 Å². The van der Waals surface area contributed by atoms with Gasteiger partial charge in [-0.1, -0.05) is 18.2 Å². The highest BCUT2D eigenvalue weighted by atomic mass is 16.5. The number of hydrogen-bond acceptors (Lipinski definition) is 7. The molecule has 0 spiro atoms. The standard InChI is InChI=1S/C24H28N6O3/c1-16-10-17(2)21-12-19(24(32)25-22(21)11-16)14-29(8-9-31)15-23-26-27-28-30(23)13-18-4-6-20(33-3)7-5-18/h4-7,10-12,31H,8-9,13-15H2,1-3H3,(H,25,32). The average molecular weight is 449 g/mol. The molecule has 2 heterocycles. The molecule has 0 saturated carbocycles. The van der Waals surface area contributed by atoms with E-state index in [1.54, 1.807) is 11.8 Å². The number of nitrogens with zero attached hydrogens (tertiary/aromatic N) is 5. The van der Waals surface area contributed by atoms with Crippen molar-refractivity contribution in [1.29, 1.82) is 0 Å². The lowest BCUT2D eigenvalue weighted by molar-refractivity contribution is 0.179. The zero-order chi connectivity index (χ0) is 23.4. The molecule has 0 saturated heterocycles. The van der Waals surface area contributed by atoms with Crippen molar-refractivity contribution < 1.29 is 9.84 Å². The molecule has 33 heavy (non-hydrogen) atoms. The minimum Gasteiger partial charge on any atom is -0.497 e. The normalized spacial score (nSPS) is 11.4. The van der Waals surface area contributed by atoms with Crippen LogP contribution >= 0.6 is 0 Å². The summed E-state index contributed by atoms with van der Waals surface area (Å²) in [7, 11) is 1.63. The van der Waals surface area contributed by atoms with Gasteiger partial charge in [-0.15, -0.1) is 5.10 Å². The molecule has 0 fully saturated rings. The van der Waals surface area contributed by atoms with Gasteiger partial charge in [0.1, 0.15) is 5.75 Å². The van der Waals surface area contributed by atoms with Crippen LogP contribution in [0.25, 0.3) is 10.9 Å². The number of aryl methyl sites for hydroxylation is 2. The molecule has 2 N–H and O–H groups in total. The fraction of sp³-hybridized carbons (Fsp3) is 0.333. The lowest BCUT2D eigenvalue weighted by atomic mass is 10.0. The van der Waals surface area contributed by atoms with Crippen molar-refractivity contribution in [3.63, 3.8) is 0 Å². The lowest BCUT2D eigenvalue weighted by Gasteiger charge is -2.21. The summed E-state index contributed by atoms with van der Waals surface area (Å²) in [6, 6.07) is 13.7. The molecule has 0 amide bonds. The lowest BCUT2D eigenvalue weighted by Crippen LogP contribution is -2.30. The Morgan fingerprint density at radius 3 is 2.64 bits per heavy atom. The summed E-state index contributed by atoms with van der Waals surface area (Å²) >= 11 is 0. The van der Waals surface area contributed by atoms with Gasteiger partial charge in [0, 0.05) is 29.6 Å². The Kier molecular flexibility index (Phi) is 6.81. The van der Waals surface area contributed by atoms with E-state index in [0.29, 0.717) is 37.6 Å². The van der Waals surface area contributed by atoms with E-state index in [9.17, 15) is 9.90 Å². The highest BCUT2D eigenvalue weighted by Gasteiger charge is 2.15. The van der Waals surface area contributed by atoms with Gasteiger partial charge in [-0.3, -0.25) is 9.69 Å². The van der Waals surface area contributed by atoms with E-state index < -0.39 is 0 Å². The molecule has 9 heteroatoms. The number of methoxy groups -OCH3 is 1. The molecule has 2 aromatic heterocycles. The van der Waals surface area contributed by atoms with Gasteiger partial charge < -0.3 is 14.8 Å². The van der Waals surface area contributed by atoms with Crippen LogP contribution in [0.5, 0.6) is 5.75 Å². The monoisotopic (exact) mass is 448 g/mol. The summed E-state index contributed by atoms with van der Waals surface area (Å²) in [6.07, 6.45) is 0. The summed E-state index contributed by atoms with van der Waals surface area (Å²) in [5.41, 5.74) is 4.59. The number of aliphatic hydroxyl groups excluding tert-OH is 1. The highest BCUT2D eigenvalue weighted by molar-refractivity contribution is 5.83. The predicted octanol–water partition coefficient (Wildman–Crippen LogP) is 2.18. The van der Waals surface area contributed by atoms with E-state index >= 15 is 0 Å². The molecule has 0 radical (unpaired) electrons. The maximum absolute atomic E-state index is 12.8.